The van der Waals surface area contributed by atoms with Crippen LogP contribution in [0.3, 0.4) is 0 Å². The predicted octanol–water partition coefficient (Wildman–Crippen LogP) is 3.56. The lowest BCUT2D eigenvalue weighted by atomic mass is 10.0. The Morgan fingerprint density at radius 3 is 2.73 bits per heavy atom. The van der Waals surface area contributed by atoms with Gasteiger partial charge in [-0.2, -0.15) is 0 Å². The van der Waals surface area contributed by atoms with Crippen LogP contribution in [-0.4, -0.2) is 65.0 Å². The van der Waals surface area contributed by atoms with Crippen molar-refractivity contribution < 1.29 is 9.53 Å². The highest BCUT2D eigenvalue weighted by atomic mass is 32.2. The van der Waals surface area contributed by atoms with Crippen LogP contribution in [0, 0.1) is 5.92 Å². The first-order valence-electron chi connectivity index (χ1n) is 10.8. The molecule has 1 aromatic heterocycles. The summed E-state index contributed by atoms with van der Waals surface area (Å²) in [7, 11) is 0. The smallest absolute Gasteiger partial charge is 0.230 e. The van der Waals surface area contributed by atoms with E-state index >= 15 is 0 Å². The summed E-state index contributed by atoms with van der Waals surface area (Å²) in [4.78, 5) is 19.2. The third-order valence-corrected chi connectivity index (χ3v) is 6.12. The van der Waals surface area contributed by atoms with Crippen LogP contribution in [0.4, 0.5) is 0 Å². The first kappa shape index (κ1) is 22.8. The zero-order chi connectivity index (χ0) is 21.5. The second-order valence-electron chi connectivity index (χ2n) is 8.57. The second kappa shape index (κ2) is 11.0. The quantitative estimate of drug-likeness (QED) is 0.617. The zero-order valence-electron chi connectivity index (χ0n) is 18.5. The first-order valence-corrected chi connectivity index (χ1v) is 11.8. The highest BCUT2D eigenvalue weighted by molar-refractivity contribution is 7.99. The van der Waals surface area contributed by atoms with Crippen LogP contribution in [0.1, 0.15) is 39.2 Å². The molecule has 1 N–H and O–H groups in total. The number of ether oxygens (including phenoxy) is 1. The number of hydrogen-bond donors (Lipinski definition) is 1. The van der Waals surface area contributed by atoms with E-state index in [2.05, 4.69) is 67.2 Å². The van der Waals surface area contributed by atoms with E-state index in [-0.39, 0.29) is 12.0 Å². The Kier molecular flexibility index (Phi) is 8.36. The van der Waals surface area contributed by atoms with E-state index in [0.29, 0.717) is 24.1 Å². The minimum Gasteiger partial charge on any atom is -0.374 e. The molecule has 1 atom stereocenters. The second-order valence-corrected chi connectivity index (χ2v) is 9.51. The Morgan fingerprint density at radius 1 is 1.27 bits per heavy atom. The lowest BCUT2D eigenvalue weighted by molar-refractivity contribution is -0.119. The summed E-state index contributed by atoms with van der Waals surface area (Å²) in [5.74, 6) is 1.49. The number of morpholine rings is 1. The summed E-state index contributed by atoms with van der Waals surface area (Å²) in [6.45, 7) is 13.0. The molecule has 1 amide bonds. The van der Waals surface area contributed by atoms with Gasteiger partial charge in [0.15, 0.2) is 5.16 Å². The van der Waals surface area contributed by atoms with E-state index < -0.39 is 0 Å². The van der Waals surface area contributed by atoms with Crippen molar-refractivity contribution in [3.8, 4) is 5.69 Å². The summed E-state index contributed by atoms with van der Waals surface area (Å²) >= 11 is 1.45. The van der Waals surface area contributed by atoms with Gasteiger partial charge in [-0.05, 0) is 29.5 Å². The lowest BCUT2D eigenvalue weighted by Gasteiger charge is -2.33. The number of nitrogens with zero attached hydrogens (tertiary/aromatic N) is 3. The fourth-order valence-electron chi connectivity index (χ4n) is 3.61. The molecule has 1 unspecified atom stereocenters. The SMILES string of the molecule is CC(C)CN1CCOC(CNC(=O)CSc2nccn2-c2ccc(C(C)C)cc2)C1. The Morgan fingerprint density at radius 2 is 2.03 bits per heavy atom. The number of carbonyl (C=O) groups is 1. The average Bonchev–Trinajstić information content (AvgIpc) is 3.19. The normalized spacial score (nSPS) is 17.6. The third-order valence-electron chi connectivity index (χ3n) is 5.15. The standard InChI is InChI=1S/C23H34N4O2S/c1-17(2)14-26-11-12-29-21(15-26)13-25-22(28)16-30-23-24-9-10-27(23)20-7-5-19(6-8-20)18(3)4/h5-10,17-18,21H,11-16H2,1-4H3,(H,25,28). The summed E-state index contributed by atoms with van der Waals surface area (Å²) in [6, 6.07) is 8.50. The molecule has 6 nitrogen and oxygen atoms in total. The van der Waals surface area contributed by atoms with Crippen molar-refractivity contribution in [3.63, 3.8) is 0 Å². The molecule has 1 aromatic carbocycles. The molecule has 2 heterocycles. The number of amides is 1. The van der Waals surface area contributed by atoms with Crippen molar-refractivity contribution in [1.82, 2.24) is 19.8 Å². The van der Waals surface area contributed by atoms with Crippen molar-refractivity contribution in [3.05, 3.63) is 42.2 Å². The number of imidazole rings is 1. The Labute approximate surface area is 184 Å². The maximum atomic E-state index is 12.4. The van der Waals surface area contributed by atoms with Gasteiger partial charge in [-0.15, -0.1) is 0 Å². The molecule has 7 heteroatoms. The van der Waals surface area contributed by atoms with E-state index in [9.17, 15) is 4.79 Å². The highest BCUT2D eigenvalue weighted by Gasteiger charge is 2.21. The molecular weight excluding hydrogens is 396 g/mol. The van der Waals surface area contributed by atoms with Crippen molar-refractivity contribution in [2.75, 3.05) is 38.5 Å². The van der Waals surface area contributed by atoms with Gasteiger partial charge in [0, 0.05) is 44.3 Å². The summed E-state index contributed by atoms with van der Waals surface area (Å²) in [6.07, 6.45) is 3.77. The number of thioether (sulfide) groups is 1. The summed E-state index contributed by atoms with van der Waals surface area (Å²) in [5, 5.41) is 3.84. The Hall–Kier alpha value is -1.83. The Balaban J connectivity index is 1.47. The zero-order valence-corrected chi connectivity index (χ0v) is 19.3. The maximum Gasteiger partial charge on any atom is 0.230 e. The van der Waals surface area contributed by atoms with Crippen LogP contribution >= 0.6 is 11.8 Å². The number of aromatic nitrogens is 2. The van der Waals surface area contributed by atoms with Crippen molar-refractivity contribution in [2.45, 2.75) is 44.9 Å². The molecule has 1 aliphatic rings. The van der Waals surface area contributed by atoms with E-state index in [1.807, 2.05) is 10.8 Å². The number of carbonyl (C=O) groups excluding carboxylic acids is 1. The molecule has 30 heavy (non-hydrogen) atoms. The lowest BCUT2D eigenvalue weighted by Crippen LogP contribution is -2.48. The van der Waals surface area contributed by atoms with Gasteiger partial charge in [-0.25, -0.2) is 4.98 Å². The largest absolute Gasteiger partial charge is 0.374 e. The van der Waals surface area contributed by atoms with Gasteiger partial charge in [-0.3, -0.25) is 14.3 Å². The molecule has 0 spiro atoms. The molecule has 164 valence electrons. The fourth-order valence-corrected chi connectivity index (χ4v) is 4.41. The average molecular weight is 431 g/mol. The van der Waals surface area contributed by atoms with Crippen LogP contribution < -0.4 is 5.32 Å². The van der Waals surface area contributed by atoms with Gasteiger partial charge in [0.05, 0.1) is 18.5 Å². The molecule has 0 radical (unpaired) electrons. The van der Waals surface area contributed by atoms with E-state index in [4.69, 9.17) is 4.74 Å². The van der Waals surface area contributed by atoms with Crippen molar-refractivity contribution in [2.24, 2.45) is 5.92 Å². The Bertz CT molecular complexity index is 804. The maximum absolute atomic E-state index is 12.4. The third kappa shape index (κ3) is 6.59. The number of nitrogens with one attached hydrogen (secondary N) is 1. The molecule has 0 aliphatic carbocycles. The summed E-state index contributed by atoms with van der Waals surface area (Å²) in [5.41, 5.74) is 2.37. The summed E-state index contributed by atoms with van der Waals surface area (Å²) < 4.78 is 7.84. The molecule has 3 rings (SSSR count). The molecule has 1 fully saturated rings. The van der Waals surface area contributed by atoms with Gasteiger partial charge in [0.1, 0.15) is 0 Å². The molecule has 1 saturated heterocycles. The number of benzene rings is 1. The molecule has 0 bridgehead atoms. The molecule has 2 aromatic rings. The van der Waals surface area contributed by atoms with Crippen LogP contribution in [0.2, 0.25) is 0 Å². The molecule has 1 aliphatic heterocycles. The van der Waals surface area contributed by atoms with E-state index in [1.165, 1.54) is 17.3 Å². The minimum atomic E-state index is 0.00860. The number of rotatable bonds is 9. The van der Waals surface area contributed by atoms with Crippen LogP contribution in [0.25, 0.3) is 5.69 Å². The number of hydrogen-bond acceptors (Lipinski definition) is 5. The van der Waals surface area contributed by atoms with E-state index in [1.54, 1.807) is 6.20 Å². The van der Waals surface area contributed by atoms with Crippen molar-refractivity contribution in [1.29, 1.82) is 0 Å². The van der Waals surface area contributed by atoms with E-state index in [0.717, 1.165) is 37.1 Å². The first-order chi connectivity index (χ1) is 14.4. The van der Waals surface area contributed by atoms with Gasteiger partial charge in [0.25, 0.3) is 0 Å². The van der Waals surface area contributed by atoms with Gasteiger partial charge in [0.2, 0.25) is 5.91 Å². The minimum absolute atomic E-state index is 0.00860. The van der Waals surface area contributed by atoms with Crippen molar-refractivity contribution >= 4 is 17.7 Å². The predicted molar refractivity (Wildman–Crippen MR) is 122 cm³/mol. The monoisotopic (exact) mass is 430 g/mol. The van der Waals surface area contributed by atoms with Crippen LogP contribution in [0.5, 0.6) is 0 Å². The van der Waals surface area contributed by atoms with Gasteiger partial charge in [-0.1, -0.05) is 51.6 Å². The van der Waals surface area contributed by atoms with Crippen LogP contribution in [0.15, 0.2) is 41.8 Å². The van der Waals surface area contributed by atoms with Gasteiger partial charge < -0.3 is 10.1 Å². The van der Waals surface area contributed by atoms with Crippen LogP contribution in [-0.2, 0) is 9.53 Å². The highest BCUT2D eigenvalue weighted by Crippen LogP contribution is 2.22. The topological polar surface area (TPSA) is 59.4 Å². The molecular formula is C23H34N4O2S. The fraction of sp³-hybridized carbons (Fsp3) is 0.565. The van der Waals surface area contributed by atoms with Gasteiger partial charge >= 0.3 is 0 Å². The molecule has 0 saturated carbocycles.